The van der Waals surface area contributed by atoms with Crippen LogP contribution in [0.1, 0.15) is 33.3 Å². The Hall–Kier alpha value is -1.99. The van der Waals surface area contributed by atoms with Gasteiger partial charge in [0.1, 0.15) is 11.5 Å². The molecule has 0 atom stereocenters. The monoisotopic (exact) mass is 334 g/mol. The van der Waals surface area contributed by atoms with Crippen molar-refractivity contribution in [1.29, 1.82) is 0 Å². The topological polar surface area (TPSA) is 74.2 Å². The van der Waals surface area contributed by atoms with Crippen LogP contribution >= 0.6 is 0 Å². The van der Waals surface area contributed by atoms with E-state index in [9.17, 15) is 4.79 Å². The molecule has 0 amide bonds. The van der Waals surface area contributed by atoms with Gasteiger partial charge in [0.15, 0.2) is 0 Å². The van der Waals surface area contributed by atoms with E-state index in [0.29, 0.717) is 17.1 Å². The zero-order chi connectivity index (χ0) is 18.1. The Labute approximate surface area is 142 Å². The summed E-state index contributed by atoms with van der Waals surface area (Å²) in [5.41, 5.74) is 0.373. The number of carboxylic acids is 1. The van der Waals surface area contributed by atoms with Gasteiger partial charge in [-0.1, -0.05) is 0 Å². The first-order valence-electron chi connectivity index (χ1n) is 7.64. The summed E-state index contributed by atoms with van der Waals surface area (Å²) < 4.78 is 22.9. The van der Waals surface area contributed by atoms with Gasteiger partial charge >= 0.3 is 13.1 Å². The number of rotatable bonds is 5. The number of benzene rings is 1. The molecule has 0 saturated carbocycles. The Morgan fingerprint density at radius 3 is 1.92 bits per heavy atom. The van der Waals surface area contributed by atoms with Crippen LogP contribution < -0.4 is 14.9 Å². The lowest BCUT2D eigenvalue weighted by atomic mass is 9.78. The molecule has 1 aliphatic heterocycles. The van der Waals surface area contributed by atoms with E-state index >= 15 is 0 Å². The van der Waals surface area contributed by atoms with Gasteiger partial charge in [-0.2, -0.15) is 0 Å². The summed E-state index contributed by atoms with van der Waals surface area (Å²) in [4.78, 5) is 10.8. The fourth-order valence-electron chi connectivity index (χ4n) is 2.39. The normalized spacial score (nSPS) is 18.8. The molecule has 0 aliphatic carbocycles. The van der Waals surface area contributed by atoms with Crippen LogP contribution in [0.25, 0.3) is 6.08 Å². The molecular formula is C17H23BO6. The highest BCUT2D eigenvalue weighted by molar-refractivity contribution is 6.62. The first-order valence-corrected chi connectivity index (χ1v) is 7.64. The van der Waals surface area contributed by atoms with E-state index in [1.807, 2.05) is 27.7 Å². The van der Waals surface area contributed by atoms with E-state index < -0.39 is 24.3 Å². The Balaban J connectivity index is 2.46. The molecule has 130 valence electrons. The van der Waals surface area contributed by atoms with Gasteiger partial charge in [0.05, 0.1) is 31.0 Å². The summed E-state index contributed by atoms with van der Waals surface area (Å²) in [5, 5.41) is 8.84. The maximum Gasteiger partial charge on any atom is 0.495 e. The molecular weight excluding hydrogens is 311 g/mol. The predicted molar refractivity (Wildman–Crippen MR) is 91.9 cm³/mol. The average Bonchev–Trinajstić information content (AvgIpc) is 2.72. The third-order valence-electron chi connectivity index (χ3n) is 4.48. The van der Waals surface area contributed by atoms with Gasteiger partial charge in [0, 0.05) is 6.08 Å². The van der Waals surface area contributed by atoms with Crippen molar-refractivity contribution in [3.63, 3.8) is 0 Å². The van der Waals surface area contributed by atoms with Crippen LogP contribution in [0.5, 0.6) is 11.5 Å². The molecule has 2 rings (SSSR count). The van der Waals surface area contributed by atoms with Crippen LogP contribution in [-0.2, 0) is 14.1 Å². The minimum atomic E-state index is -1.05. The number of methoxy groups -OCH3 is 2. The van der Waals surface area contributed by atoms with Crippen LogP contribution in [-0.4, -0.2) is 43.6 Å². The van der Waals surface area contributed by atoms with Gasteiger partial charge in [-0.05, 0) is 51.4 Å². The van der Waals surface area contributed by atoms with Crippen molar-refractivity contribution in [2.24, 2.45) is 0 Å². The standard InChI is InChI=1S/C17H23BO6/c1-16(2)17(3,4)24-18(23-16)11-9-13(21-5)12(7-8-15(19)20)14(10-11)22-6/h7-10H,1-6H3,(H,19,20)/b8-7+. The lowest BCUT2D eigenvalue weighted by molar-refractivity contribution is -0.131. The number of hydrogen-bond acceptors (Lipinski definition) is 5. The van der Waals surface area contributed by atoms with Crippen molar-refractivity contribution in [2.75, 3.05) is 14.2 Å². The number of carboxylic acid groups (broad SMARTS) is 1. The van der Waals surface area contributed by atoms with Crippen molar-refractivity contribution in [3.8, 4) is 11.5 Å². The molecule has 0 aromatic heterocycles. The second-order valence-corrected chi connectivity index (χ2v) is 6.60. The SMILES string of the molecule is COc1cc(B2OC(C)(C)C(C)(C)O2)cc(OC)c1/C=C/C(=O)O. The highest BCUT2D eigenvalue weighted by Gasteiger charge is 2.52. The highest BCUT2D eigenvalue weighted by Crippen LogP contribution is 2.37. The van der Waals surface area contributed by atoms with Crippen LogP contribution in [0.2, 0.25) is 0 Å². The molecule has 0 spiro atoms. The molecule has 1 aliphatic rings. The largest absolute Gasteiger partial charge is 0.496 e. The molecule has 1 N–H and O–H groups in total. The predicted octanol–water partition coefficient (Wildman–Crippen LogP) is 2.10. The third kappa shape index (κ3) is 3.42. The minimum Gasteiger partial charge on any atom is -0.496 e. The van der Waals surface area contributed by atoms with Crippen molar-refractivity contribution < 1.29 is 28.7 Å². The Morgan fingerprint density at radius 1 is 1.08 bits per heavy atom. The maximum absolute atomic E-state index is 10.8. The fourth-order valence-corrected chi connectivity index (χ4v) is 2.39. The van der Waals surface area contributed by atoms with Gasteiger partial charge in [-0.3, -0.25) is 0 Å². The van der Waals surface area contributed by atoms with E-state index in [-0.39, 0.29) is 0 Å². The number of carbonyl (C=O) groups is 1. The highest BCUT2D eigenvalue weighted by atomic mass is 16.7. The molecule has 0 unspecified atom stereocenters. The number of hydrogen-bond donors (Lipinski definition) is 1. The number of aliphatic carboxylic acids is 1. The number of ether oxygens (including phenoxy) is 2. The average molecular weight is 334 g/mol. The third-order valence-corrected chi connectivity index (χ3v) is 4.48. The minimum absolute atomic E-state index is 0.458. The first kappa shape index (κ1) is 18.4. The Kier molecular flexibility index (Phi) is 4.96. The van der Waals surface area contributed by atoms with E-state index in [4.69, 9.17) is 23.9 Å². The second kappa shape index (κ2) is 6.49. The zero-order valence-electron chi connectivity index (χ0n) is 14.9. The summed E-state index contributed by atoms with van der Waals surface area (Å²) >= 11 is 0. The molecule has 1 fully saturated rings. The van der Waals surface area contributed by atoms with Gasteiger partial charge in [-0.15, -0.1) is 0 Å². The summed E-state index contributed by atoms with van der Waals surface area (Å²) in [7, 11) is 2.47. The summed E-state index contributed by atoms with van der Waals surface area (Å²) in [6.07, 6.45) is 2.48. The summed E-state index contributed by atoms with van der Waals surface area (Å²) in [6, 6.07) is 3.54. The van der Waals surface area contributed by atoms with Crippen LogP contribution in [0.3, 0.4) is 0 Å². The molecule has 1 saturated heterocycles. The van der Waals surface area contributed by atoms with Crippen molar-refractivity contribution >= 4 is 24.6 Å². The molecule has 6 nitrogen and oxygen atoms in total. The smallest absolute Gasteiger partial charge is 0.495 e. The van der Waals surface area contributed by atoms with Crippen molar-refractivity contribution in [1.82, 2.24) is 0 Å². The van der Waals surface area contributed by atoms with Crippen LogP contribution in [0.15, 0.2) is 18.2 Å². The zero-order valence-corrected chi connectivity index (χ0v) is 14.9. The fraction of sp³-hybridized carbons (Fsp3) is 0.471. The first-order chi connectivity index (χ1) is 11.1. The molecule has 24 heavy (non-hydrogen) atoms. The summed E-state index contributed by atoms with van der Waals surface area (Å²) in [5.74, 6) is -0.0812. The van der Waals surface area contributed by atoms with Gasteiger partial charge in [0.25, 0.3) is 0 Å². The molecule has 0 bridgehead atoms. The van der Waals surface area contributed by atoms with Crippen molar-refractivity contribution in [3.05, 3.63) is 23.8 Å². The molecule has 1 heterocycles. The van der Waals surface area contributed by atoms with E-state index in [2.05, 4.69) is 0 Å². The maximum atomic E-state index is 10.8. The van der Waals surface area contributed by atoms with Gasteiger partial charge < -0.3 is 23.9 Å². The Bertz CT molecular complexity index is 624. The molecule has 1 aromatic rings. The Morgan fingerprint density at radius 2 is 1.54 bits per heavy atom. The van der Waals surface area contributed by atoms with Crippen LogP contribution in [0.4, 0.5) is 0 Å². The van der Waals surface area contributed by atoms with Gasteiger partial charge in [-0.25, -0.2) is 4.79 Å². The quantitative estimate of drug-likeness (QED) is 0.657. The molecule has 0 radical (unpaired) electrons. The van der Waals surface area contributed by atoms with E-state index in [1.54, 1.807) is 12.1 Å². The lowest BCUT2D eigenvalue weighted by Gasteiger charge is -2.32. The van der Waals surface area contributed by atoms with Gasteiger partial charge in [0.2, 0.25) is 0 Å². The second-order valence-electron chi connectivity index (χ2n) is 6.60. The van der Waals surface area contributed by atoms with E-state index in [0.717, 1.165) is 11.5 Å². The van der Waals surface area contributed by atoms with Crippen molar-refractivity contribution in [2.45, 2.75) is 38.9 Å². The van der Waals surface area contributed by atoms with E-state index in [1.165, 1.54) is 20.3 Å². The van der Waals surface area contributed by atoms with Crippen LogP contribution in [0, 0.1) is 0 Å². The molecule has 1 aromatic carbocycles. The summed E-state index contributed by atoms with van der Waals surface area (Å²) in [6.45, 7) is 7.91. The molecule has 7 heteroatoms. The lowest BCUT2D eigenvalue weighted by Crippen LogP contribution is -2.41.